The van der Waals surface area contributed by atoms with Crippen LogP contribution >= 0.6 is 0 Å². The third-order valence-electron chi connectivity index (χ3n) is 5.41. The first-order valence-electron chi connectivity index (χ1n) is 10.6. The number of carbonyl (C=O) groups excluding carboxylic acids is 1. The average Bonchev–Trinajstić information content (AvgIpc) is 2.74. The van der Waals surface area contributed by atoms with Crippen LogP contribution in [0.3, 0.4) is 0 Å². The second-order valence-corrected chi connectivity index (χ2v) is 7.71. The van der Waals surface area contributed by atoms with E-state index in [0.29, 0.717) is 13.2 Å². The highest BCUT2D eigenvalue weighted by Crippen LogP contribution is 2.19. The number of nitrogens with one attached hydrogen (secondary N) is 1. The molecule has 0 aliphatic carbocycles. The molecule has 156 valence electrons. The molecule has 2 aromatic rings. The van der Waals surface area contributed by atoms with Gasteiger partial charge in [0.1, 0.15) is 18.2 Å². The van der Waals surface area contributed by atoms with Crippen molar-refractivity contribution < 1.29 is 13.9 Å². The average molecular weight is 399 g/mol. The van der Waals surface area contributed by atoms with E-state index in [1.807, 2.05) is 24.3 Å². The molecule has 0 atom stereocenters. The lowest BCUT2D eigenvalue weighted by Crippen LogP contribution is -2.41. The Hall–Kier alpha value is -2.40. The van der Waals surface area contributed by atoms with Gasteiger partial charge in [0.15, 0.2) is 0 Å². The quantitative estimate of drug-likeness (QED) is 0.644. The molecule has 0 saturated carbocycles. The molecule has 1 saturated heterocycles. The molecule has 1 aliphatic heterocycles. The van der Waals surface area contributed by atoms with Crippen LogP contribution in [0.4, 0.5) is 4.39 Å². The Kier molecular flexibility index (Phi) is 8.05. The molecule has 2 aromatic carbocycles. The van der Waals surface area contributed by atoms with Gasteiger partial charge in [-0.05, 0) is 67.7 Å². The van der Waals surface area contributed by atoms with Crippen LogP contribution in [0.1, 0.15) is 37.3 Å². The first-order chi connectivity index (χ1) is 14.1. The van der Waals surface area contributed by atoms with Crippen LogP contribution in [0.15, 0.2) is 48.5 Å². The Morgan fingerprint density at radius 2 is 1.72 bits per heavy atom. The molecule has 0 radical (unpaired) electrons. The zero-order chi connectivity index (χ0) is 20.5. The van der Waals surface area contributed by atoms with Gasteiger partial charge in [0, 0.05) is 12.5 Å². The van der Waals surface area contributed by atoms with E-state index in [2.05, 4.69) is 29.3 Å². The highest BCUT2D eigenvalue weighted by molar-refractivity contribution is 5.78. The van der Waals surface area contributed by atoms with Crippen LogP contribution in [0.5, 0.6) is 5.75 Å². The molecule has 29 heavy (non-hydrogen) atoms. The molecule has 5 heteroatoms. The molecular formula is C24H31FN2O2. The molecule has 1 amide bonds. The van der Waals surface area contributed by atoms with Gasteiger partial charge in [-0.3, -0.25) is 9.69 Å². The molecule has 0 unspecified atom stereocenters. The number of ether oxygens (including phenoxy) is 1. The predicted octanol–water partition coefficient (Wildman–Crippen LogP) is 4.19. The van der Waals surface area contributed by atoms with Crippen molar-refractivity contribution in [2.45, 2.75) is 39.2 Å². The zero-order valence-corrected chi connectivity index (χ0v) is 17.2. The van der Waals surface area contributed by atoms with Gasteiger partial charge in [-0.2, -0.15) is 0 Å². The molecule has 1 aliphatic rings. The topological polar surface area (TPSA) is 41.6 Å². The molecule has 0 spiro atoms. The SMILES string of the molecule is CCCc1ccc(OCCNC(=O)C2CCN(Cc3ccc(F)cc3)CC2)cc1. The Morgan fingerprint density at radius 1 is 1.07 bits per heavy atom. The lowest BCUT2D eigenvalue weighted by Gasteiger charge is -2.31. The molecule has 0 bridgehead atoms. The van der Waals surface area contributed by atoms with E-state index in [9.17, 15) is 9.18 Å². The van der Waals surface area contributed by atoms with E-state index in [4.69, 9.17) is 4.74 Å². The van der Waals surface area contributed by atoms with Crippen LogP contribution in [-0.4, -0.2) is 37.0 Å². The molecule has 0 aromatic heterocycles. The smallest absolute Gasteiger partial charge is 0.223 e. The second kappa shape index (κ2) is 11.0. The normalized spacial score (nSPS) is 15.2. The monoisotopic (exact) mass is 398 g/mol. The van der Waals surface area contributed by atoms with Crippen LogP contribution in [-0.2, 0) is 17.8 Å². The van der Waals surface area contributed by atoms with Gasteiger partial charge in [0.05, 0.1) is 6.54 Å². The number of hydrogen-bond acceptors (Lipinski definition) is 3. The van der Waals surface area contributed by atoms with Crippen LogP contribution in [0, 0.1) is 11.7 Å². The summed E-state index contributed by atoms with van der Waals surface area (Å²) in [6.07, 6.45) is 3.93. The number of halogens is 1. The van der Waals surface area contributed by atoms with Gasteiger partial charge in [0.2, 0.25) is 5.91 Å². The lowest BCUT2D eigenvalue weighted by atomic mass is 9.95. The summed E-state index contributed by atoms with van der Waals surface area (Å²) in [6.45, 7) is 5.74. The van der Waals surface area contributed by atoms with Gasteiger partial charge in [-0.1, -0.05) is 37.6 Å². The lowest BCUT2D eigenvalue weighted by molar-refractivity contribution is -0.126. The van der Waals surface area contributed by atoms with Crippen molar-refractivity contribution >= 4 is 5.91 Å². The van der Waals surface area contributed by atoms with Crippen molar-refractivity contribution in [1.29, 1.82) is 0 Å². The van der Waals surface area contributed by atoms with Crippen molar-refractivity contribution in [2.75, 3.05) is 26.2 Å². The number of likely N-dealkylation sites (tertiary alicyclic amines) is 1. The first-order valence-corrected chi connectivity index (χ1v) is 10.6. The van der Waals surface area contributed by atoms with E-state index in [1.165, 1.54) is 17.7 Å². The molecule has 1 N–H and O–H groups in total. The van der Waals surface area contributed by atoms with Gasteiger partial charge >= 0.3 is 0 Å². The summed E-state index contributed by atoms with van der Waals surface area (Å²) in [7, 11) is 0. The summed E-state index contributed by atoms with van der Waals surface area (Å²) in [6, 6.07) is 14.8. The maximum absolute atomic E-state index is 13.0. The van der Waals surface area contributed by atoms with Crippen molar-refractivity contribution in [3.05, 3.63) is 65.5 Å². The number of aryl methyl sites for hydroxylation is 1. The molecule has 3 rings (SSSR count). The standard InChI is InChI=1S/C24H31FN2O2/c1-2-3-19-6-10-23(11-7-19)29-17-14-26-24(28)21-12-15-27(16-13-21)18-20-4-8-22(25)9-5-20/h4-11,21H,2-3,12-18H2,1H3,(H,26,28). The van der Waals surface area contributed by atoms with Gasteiger partial charge < -0.3 is 10.1 Å². The highest BCUT2D eigenvalue weighted by atomic mass is 19.1. The number of rotatable bonds is 9. The molecule has 1 fully saturated rings. The Morgan fingerprint density at radius 3 is 2.38 bits per heavy atom. The summed E-state index contributed by atoms with van der Waals surface area (Å²) < 4.78 is 18.7. The van der Waals surface area contributed by atoms with Crippen molar-refractivity contribution in [1.82, 2.24) is 10.2 Å². The fourth-order valence-electron chi connectivity index (χ4n) is 3.73. The summed E-state index contributed by atoms with van der Waals surface area (Å²) in [5.41, 5.74) is 2.42. The number of carbonyl (C=O) groups is 1. The second-order valence-electron chi connectivity index (χ2n) is 7.71. The zero-order valence-electron chi connectivity index (χ0n) is 17.2. The van der Waals surface area contributed by atoms with Crippen molar-refractivity contribution in [3.63, 3.8) is 0 Å². The van der Waals surface area contributed by atoms with E-state index >= 15 is 0 Å². The van der Waals surface area contributed by atoms with E-state index < -0.39 is 0 Å². The van der Waals surface area contributed by atoms with Crippen molar-refractivity contribution in [2.24, 2.45) is 5.92 Å². The Balaban J connectivity index is 1.31. The summed E-state index contributed by atoms with van der Waals surface area (Å²) in [4.78, 5) is 14.7. The predicted molar refractivity (Wildman–Crippen MR) is 113 cm³/mol. The summed E-state index contributed by atoms with van der Waals surface area (Å²) >= 11 is 0. The number of nitrogens with zero attached hydrogens (tertiary/aromatic N) is 1. The number of hydrogen-bond donors (Lipinski definition) is 1. The fourth-order valence-corrected chi connectivity index (χ4v) is 3.73. The fraction of sp³-hybridized carbons (Fsp3) is 0.458. The van der Waals surface area contributed by atoms with Gasteiger partial charge in [-0.15, -0.1) is 0 Å². The van der Waals surface area contributed by atoms with E-state index in [1.54, 1.807) is 0 Å². The minimum Gasteiger partial charge on any atom is -0.492 e. The maximum atomic E-state index is 13.0. The largest absolute Gasteiger partial charge is 0.492 e. The van der Waals surface area contributed by atoms with Crippen LogP contribution in [0.25, 0.3) is 0 Å². The number of amides is 1. The third-order valence-corrected chi connectivity index (χ3v) is 5.41. The van der Waals surface area contributed by atoms with E-state index in [-0.39, 0.29) is 17.6 Å². The molecular weight excluding hydrogens is 367 g/mol. The molecule has 4 nitrogen and oxygen atoms in total. The van der Waals surface area contributed by atoms with Crippen LogP contribution < -0.4 is 10.1 Å². The first kappa shape index (κ1) is 21.3. The van der Waals surface area contributed by atoms with Crippen LogP contribution in [0.2, 0.25) is 0 Å². The van der Waals surface area contributed by atoms with Gasteiger partial charge in [0.25, 0.3) is 0 Å². The Labute approximate surface area is 173 Å². The minimum absolute atomic E-state index is 0.0628. The number of benzene rings is 2. The molecule has 1 heterocycles. The van der Waals surface area contributed by atoms with E-state index in [0.717, 1.165) is 56.6 Å². The van der Waals surface area contributed by atoms with Crippen molar-refractivity contribution in [3.8, 4) is 5.75 Å². The van der Waals surface area contributed by atoms with Gasteiger partial charge in [-0.25, -0.2) is 4.39 Å². The number of piperidine rings is 1. The minimum atomic E-state index is -0.207. The maximum Gasteiger partial charge on any atom is 0.223 e. The Bertz CT molecular complexity index is 753. The highest BCUT2D eigenvalue weighted by Gasteiger charge is 2.24. The summed E-state index contributed by atoms with van der Waals surface area (Å²) in [5, 5.41) is 3.00. The third kappa shape index (κ3) is 6.86. The summed E-state index contributed by atoms with van der Waals surface area (Å²) in [5.74, 6) is 0.816.